The summed E-state index contributed by atoms with van der Waals surface area (Å²) in [5.74, 6) is 1.31. The molecule has 0 radical (unpaired) electrons. The molecular weight excluding hydrogens is 414 g/mol. The molecule has 3 aromatic rings. The molecule has 5 heteroatoms. The minimum absolute atomic E-state index is 0.0449. The number of rotatable bonds is 6. The van der Waals surface area contributed by atoms with E-state index in [2.05, 4.69) is 0 Å². The van der Waals surface area contributed by atoms with Gasteiger partial charge in [-0.25, -0.2) is 0 Å². The first-order valence-corrected chi connectivity index (χ1v) is 10.7. The van der Waals surface area contributed by atoms with Crippen LogP contribution in [0.25, 0.3) is 11.1 Å². The van der Waals surface area contributed by atoms with Gasteiger partial charge in [0.25, 0.3) is 0 Å². The molecule has 2 aliphatic heterocycles. The molecule has 5 rings (SSSR count). The van der Waals surface area contributed by atoms with Crippen LogP contribution in [0, 0.1) is 0 Å². The standard InChI is InChI=1S/C28H29NO4/c1-3-14-29-16-24(17-29)32-23-11-6-20(7-12-23)28-27(19-4-8-21(30)9-5-19)18(2)25-13-10-22(31)15-26(25)33-28/h4-13,15,24,28,30-31H,3,14,16-17H2,1-2H3/i1D3,3D2,14D2. The Kier molecular flexibility index (Phi) is 3.92. The van der Waals surface area contributed by atoms with Crippen LogP contribution in [0.5, 0.6) is 23.0 Å². The van der Waals surface area contributed by atoms with Crippen LogP contribution in [0.4, 0.5) is 0 Å². The lowest BCUT2D eigenvalue weighted by molar-refractivity contribution is 0.0202. The van der Waals surface area contributed by atoms with Gasteiger partial charge in [0.1, 0.15) is 35.2 Å². The van der Waals surface area contributed by atoms with Crippen molar-refractivity contribution in [2.45, 2.75) is 32.4 Å². The van der Waals surface area contributed by atoms with Crippen LogP contribution in [-0.4, -0.2) is 40.8 Å². The van der Waals surface area contributed by atoms with E-state index in [1.54, 1.807) is 36.4 Å². The fraction of sp³-hybridized carbons (Fsp3) is 0.286. The van der Waals surface area contributed by atoms with Crippen molar-refractivity contribution in [1.82, 2.24) is 4.90 Å². The molecule has 170 valence electrons. The van der Waals surface area contributed by atoms with Crippen LogP contribution in [-0.2, 0) is 0 Å². The van der Waals surface area contributed by atoms with Gasteiger partial charge >= 0.3 is 0 Å². The van der Waals surface area contributed by atoms with Crippen molar-refractivity contribution < 1.29 is 29.3 Å². The maximum atomic E-state index is 10.0. The SMILES string of the molecule is [2H]C([2H])([2H])C([2H])([2H])C([2H])([2H])N1CC(Oc2ccc(C3Oc4cc(O)ccc4C(C)=C3c3ccc(O)cc3)cc2)C1. The molecule has 3 aromatic carbocycles. The molecule has 1 saturated heterocycles. The van der Waals surface area contributed by atoms with Gasteiger partial charge in [-0.2, -0.15) is 0 Å². The van der Waals surface area contributed by atoms with E-state index in [1.165, 1.54) is 0 Å². The van der Waals surface area contributed by atoms with Crippen LogP contribution >= 0.6 is 0 Å². The summed E-state index contributed by atoms with van der Waals surface area (Å²) in [5.41, 5.74) is 4.43. The normalized spacial score (nSPS) is 22.8. The first kappa shape index (κ1) is 14.7. The Balaban J connectivity index is 1.35. The summed E-state index contributed by atoms with van der Waals surface area (Å²) in [7, 11) is 0. The molecule has 1 fully saturated rings. The number of hydrogen-bond acceptors (Lipinski definition) is 5. The highest BCUT2D eigenvalue weighted by Crippen LogP contribution is 2.47. The van der Waals surface area contributed by atoms with E-state index >= 15 is 0 Å². The van der Waals surface area contributed by atoms with E-state index < -0.39 is 31.9 Å². The van der Waals surface area contributed by atoms with Crippen molar-refractivity contribution in [3.05, 3.63) is 83.4 Å². The maximum absolute atomic E-state index is 10.0. The second-order valence-corrected chi connectivity index (χ2v) is 8.21. The highest BCUT2D eigenvalue weighted by atomic mass is 16.5. The second-order valence-electron chi connectivity index (χ2n) is 8.21. The van der Waals surface area contributed by atoms with Crippen molar-refractivity contribution in [3.8, 4) is 23.0 Å². The van der Waals surface area contributed by atoms with Crippen molar-refractivity contribution in [2.24, 2.45) is 0 Å². The Bertz CT molecular complexity index is 1430. The number of aromatic hydroxyl groups is 2. The number of nitrogens with zero attached hydrogens (tertiary/aromatic N) is 1. The molecule has 0 spiro atoms. The molecule has 5 nitrogen and oxygen atoms in total. The van der Waals surface area contributed by atoms with Crippen LogP contribution < -0.4 is 9.47 Å². The van der Waals surface area contributed by atoms with E-state index in [9.17, 15) is 10.2 Å². The third-order valence-corrected chi connectivity index (χ3v) is 6.01. The van der Waals surface area contributed by atoms with Gasteiger partial charge < -0.3 is 19.7 Å². The first-order valence-electron chi connectivity index (χ1n) is 14.2. The van der Waals surface area contributed by atoms with E-state index in [0.29, 0.717) is 11.5 Å². The first-order chi connectivity index (χ1) is 18.7. The molecule has 2 aliphatic rings. The summed E-state index contributed by atoms with van der Waals surface area (Å²) in [6, 6.07) is 19.1. The summed E-state index contributed by atoms with van der Waals surface area (Å²) >= 11 is 0. The lowest BCUT2D eigenvalue weighted by Gasteiger charge is -2.38. The molecule has 1 atom stereocenters. The fourth-order valence-corrected chi connectivity index (χ4v) is 4.29. The number of phenolic OH excluding ortho intramolecular Hbond substituents is 2. The number of allylic oxidation sites excluding steroid dienone is 1. The Morgan fingerprint density at radius 2 is 1.76 bits per heavy atom. The maximum Gasteiger partial charge on any atom is 0.150 e. The molecule has 0 aliphatic carbocycles. The Labute approximate surface area is 204 Å². The van der Waals surface area contributed by atoms with Crippen molar-refractivity contribution >= 4 is 11.1 Å². The van der Waals surface area contributed by atoms with Crippen molar-refractivity contribution in [2.75, 3.05) is 19.6 Å². The largest absolute Gasteiger partial charge is 0.508 e. The van der Waals surface area contributed by atoms with E-state index in [0.717, 1.165) is 32.7 Å². The molecule has 1 unspecified atom stereocenters. The van der Waals surface area contributed by atoms with E-state index in [4.69, 9.17) is 19.1 Å². The molecule has 2 heterocycles. The number of likely N-dealkylation sites (tertiary alicyclic amines) is 1. The molecule has 33 heavy (non-hydrogen) atoms. The van der Waals surface area contributed by atoms with Gasteiger partial charge in [-0.05, 0) is 72.9 Å². The Morgan fingerprint density at radius 3 is 2.48 bits per heavy atom. The fourth-order valence-electron chi connectivity index (χ4n) is 4.29. The summed E-state index contributed by atoms with van der Waals surface area (Å²) in [6.45, 7) is -3.71. The second kappa shape index (κ2) is 8.83. The number of benzene rings is 3. The zero-order valence-corrected chi connectivity index (χ0v) is 18.1. The van der Waals surface area contributed by atoms with Gasteiger partial charge in [-0.3, -0.25) is 4.90 Å². The highest BCUT2D eigenvalue weighted by molar-refractivity contribution is 5.95. The van der Waals surface area contributed by atoms with Crippen LogP contribution in [0.15, 0.2) is 66.7 Å². The molecule has 0 amide bonds. The topological polar surface area (TPSA) is 62.2 Å². The van der Waals surface area contributed by atoms with Gasteiger partial charge in [0, 0.05) is 39.9 Å². The monoisotopic (exact) mass is 450 g/mol. The highest BCUT2D eigenvalue weighted by Gasteiger charge is 2.30. The van der Waals surface area contributed by atoms with Gasteiger partial charge in [0.2, 0.25) is 0 Å². The molecule has 0 saturated carbocycles. The summed E-state index contributed by atoms with van der Waals surface area (Å²) in [6.07, 6.45) is -3.98. The van der Waals surface area contributed by atoms with Gasteiger partial charge in [0.15, 0.2) is 0 Å². The smallest absolute Gasteiger partial charge is 0.150 e. The zero-order chi connectivity index (χ0) is 29.0. The Hall–Kier alpha value is -3.44. The molecular formula is C28H29NO4. The number of phenols is 2. The minimum Gasteiger partial charge on any atom is -0.508 e. The van der Waals surface area contributed by atoms with E-state index in [1.807, 2.05) is 37.3 Å². The Morgan fingerprint density at radius 1 is 1.03 bits per heavy atom. The molecule has 0 aromatic heterocycles. The van der Waals surface area contributed by atoms with E-state index in [-0.39, 0.29) is 24.6 Å². The predicted octanol–water partition coefficient (Wildman–Crippen LogP) is 5.64. The molecule has 2 N–H and O–H groups in total. The van der Waals surface area contributed by atoms with Gasteiger partial charge in [-0.1, -0.05) is 31.1 Å². The lowest BCUT2D eigenvalue weighted by atomic mass is 9.86. The van der Waals surface area contributed by atoms with Crippen LogP contribution in [0.1, 0.15) is 52.5 Å². The predicted molar refractivity (Wildman–Crippen MR) is 130 cm³/mol. The summed E-state index contributed by atoms with van der Waals surface area (Å²) in [5, 5.41) is 19.8. The summed E-state index contributed by atoms with van der Waals surface area (Å²) < 4.78 is 66.3. The average Bonchev–Trinajstić information content (AvgIpc) is 2.86. The number of hydrogen-bond donors (Lipinski definition) is 2. The number of ether oxygens (including phenoxy) is 2. The summed E-state index contributed by atoms with van der Waals surface area (Å²) in [4.78, 5) is 1.14. The third kappa shape index (κ3) is 4.29. The quantitative estimate of drug-likeness (QED) is 0.509. The van der Waals surface area contributed by atoms with Crippen LogP contribution in [0.2, 0.25) is 0 Å². The van der Waals surface area contributed by atoms with Gasteiger partial charge in [0.05, 0.1) is 0 Å². The molecule has 0 bridgehead atoms. The third-order valence-electron chi connectivity index (χ3n) is 6.01. The van der Waals surface area contributed by atoms with Crippen LogP contribution in [0.3, 0.4) is 0 Å². The minimum atomic E-state index is -3.11. The lowest BCUT2D eigenvalue weighted by Crippen LogP contribution is -2.53. The van der Waals surface area contributed by atoms with Gasteiger partial charge in [-0.15, -0.1) is 0 Å². The van der Waals surface area contributed by atoms with Crippen molar-refractivity contribution in [3.63, 3.8) is 0 Å². The zero-order valence-electron chi connectivity index (χ0n) is 25.1. The number of fused-ring (bicyclic) bond motifs is 1. The van der Waals surface area contributed by atoms with Crippen molar-refractivity contribution in [1.29, 1.82) is 0 Å². The average molecular weight is 451 g/mol.